The van der Waals surface area contributed by atoms with Crippen LogP contribution in [0, 0.1) is 17.6 Å². The maximum absolute atomic E-state index is 13.2. The molecule has 0 bridgehead atoms. The largest absolute Gasteiger partial charge is 0.320 e. The van der Waals surface area contributed by atoms with Crippen LogP contribution in [-0.2, 0) is 4.79 Å². The smallest absolute Gasteiger partial charge is 0.241 e. The third-order valence-corrected chi connectivity index (χ3v) is 2.23. The number of amides is 1. The van der Waals surface area contributed by atoms with Crippen LogP contribution in [0.15, 0.2) is 18.2 Å². The van der Waals surface area contributed by atoms with E-state index in [-0.39, 0.29) is 5.92 Å². The Labute approximate surface area is 92.6 Å². The molecule has 0 heterocycles. The molecule has 1 aromatic carbocycles. The second-order valence-corrected chi connectivity index (χ2v) is 3.86. The second-order valence-electron chi connectivity index (χ2n) is 3.86. The molecule has 1 atom stereocenters. The lowest BCUT2D eigenvalue weighted by Gasteiger charge is -2.15. The molecule has 0 saturated heterocycles. The Morgan fingerprint density at radius 2 is 1.81 bits per heavy atom. The van der Waals surface area contributed by atoms with Crippen LogP contribution < -0.4 is 11.1 Å². The molecule has 0 radical (unpaired) electrons. The van der Waals surface area contributed by atoms with Crippen molar-refractivity contribution in [3.63, 3.8) is 0 Å². The van der Waals surface area contributed by atoms with Crippen LogP contribution >= 0.6 is 0 Å². The predicted molar refractivity (Wildman–Crippen MR) is 57.8 cm³/mol. The van der Waals surface area contributed by atoms with Gasteiger partial charge in [-0.1, -0.05) is 19.9 Å². The molecule has 16 heavy (non-hydrogen) atoms. The molecule has 3 nitrogen and oxygen atoms in total. The minimum atomic E-state index is -0.815. The van der Waals surface area contributed by atoms with Crippen LogP contribution in [-0.4, -0.2) is 11.9 Å². The average molecular weight is 228 g/mol. The van der Waals surface area contributed by atoms with E-state index in [1.165, 1.54) is 6.07 Å². The SMILES string of the molecule is CC(C)[C@H](N)C(=O)Nc1c(F)cccc1F. The molecule has 0 aliphatic rings. The molecule has 1 amide bonds. The first-order valence-electron chi connectivity index (χ1n) is 4.94. The van der Waals surface area contributed by atoms with E-state index in [4.69, 9.17) is 5.73 Å². The van der Waals surface area contributed by atoms with Gasteiger partial charge in [0.15, 0.2) is 0 Å². The first kappa shape index (κ1) is 12.6. The van der Waals surface area contributed by atoms with Crippen LogP contribution in [0.1, 0.15) is 13.8 Å². The maximum atomic E-state index is 13.2. The van der Waals surface area contributed by atoms with Crippen LogP contribution in [0.2, 0.25) is 0 Å². The number of carbonyl (C=O) groups is 1. The molecule has 88 valence electrons. The quantitative estimate of drug-likeness (QED) is 0.830. The fourth-order valence-corrected chi connectivity index (χ4v) is 1.13. The monoisotopic (exact) mass is 228 g/mol. The lowest BCUT2D eigenvalue weighted by Crippen LogP contribution is -2.40. The van der Waals surface area contributed by atoms with Gasteiger partial charge in [-0.05, 0) is 18.1 Å². The van der Waals surface area contributed by atoms with Crippen LogP contribution in [0.4, 0.5) is 14.5 Å². The van der Waals surface area contributed by atoms with Crippen molar-refractivity contribution in [2.24, 2.45) is 11.7 Å². The van der Waals surface area contributed by atoms with Gasteiger partial charge in [0, 0.05) is 0 Å². The zero-order chi connectivity index (χ0) is 12.3. The van der Waals surface area contributed by atoms with Gasteiger partial charge in [-0.2, -0.15) is 0 Å². The van der Waals surface area contributed by atoms with Crippen LogP contribution in [0.25, 0.3) is 0 Å². The third kappa shape index (κ3) is 2.76. The van der Waals surface area contributed by atoms with Crippen molar-refractivity contribution in [2.45, 2.75) is 19.9 Å². The van der Waals surface area contributed by atoms with Gasteiger partial charge < -0.3 is 11.1 Å². The van der Waals surface area contributed by atoms with Gasteiger partial charge in [0.2, 0.25) is 5.91 Å². The van der Waals surface area contributed by atoms with Crippen LogP contribution in [0.3, 0.4) is 0 Å². The van der Waals surface area contributed by atoms with E-state index < -0.39 is 29.3 Å². The molecule has 1 rings (SSSR count). The maximum Gasteiger partial charge on any atom is 0.241 e. The Kier molecular flexibility index (Phi) is 3.95. The molecule has 5 heteroatoms. The molecule has 0 fully saturated rings. The number of rotatable bonds is 3. The van der Waals surface area contributed by atoms with Gasteiger partial charge >= 0.3 is 0 Å². The summed E-state index contributed by atoms with van der Waals surface area (Å²) in [6.07, 6.45) is 0. The average Bonchev–Trinajstić information content (AvgIpc) is 2.22. The second kappa shape index (κ2) is 5.03. The first-order chi connectivity index (χ1) is 7.43. The summed E-state index contributed by atoms with van der Waals surface area (Å²) in [4.78, 5) is 11.5. The summed E-state index contributed by atoms with van der Waals surface area (Å²) in [7, 11) is 0. The van der Waals surface area contributed by atoms with Crippen molar-refractivity contribution in [1.29, 1.82) is 0 Å². The number of benzene rings is 1. The Balaban J connectivity index is 2.85. The minimum Gasteiger partial charge on any atom is -0.320 e. The van der Waals surface area contributed by atoms with Crippen molar-refractivity contribution in [3.05, 3.63) is 29.8 Å². The topological polar surface area (TPSA) is 55.1 Å². The van der Waals surface area contributed by atoms with E-state index in [0.29, 0.717) is 0 Å². The van der Waals surface area contributed by atoms with E-state index in [1.54, 1.807) is 13.8 Å². The summed E-state index contributed by atoms with van der Waals surface area (Å²) in [5.41, 5.74) is 5.10. The van der Waals surface area contributed by atoms with E-state index in [0.717, 1.165) is 12.1 Å². The van der Waals surface area contributed by atoms with Gasteiger partial charge in [-0.25, -0.2) is 8.78 Å². The fourth-order valence-electron chi connectivity index (χ4n) is 1.13. The lowest BCUT2D eigenvalue weighted by molar-refractivity contribution is -0.118. The third-order valence-electron chi connectivity index (χ3n) is 2.23. The number of para-hydroxylation sites is 1. The first-order valence-corrected chi connectivity index (χ1v) is 4.94. The van der Waals surface area contributed by atoms with Gasteiger partial charge in [-0.3, -0.25) is 4.79 Å². The molecular formula is C11H14F2N2O. The summed E-state index contributed by atoms with van der Waals surface area (Å²) in [6, 6.07) is 2.57. The number of anilines is 1. The van der Waals surface area contributed by atoms with E-state index >= 15 is 0 Å². The van der Waals surface area contributed by atoms with E-state index in [1.807, 2.05) is 0 Å². The molecule has 1 aromatic rings. The Morgan fingerprint density at radius 3 is 2.25 bits per heavy atom. The van der Waals surface area contributed by atoms with E-state index in [9.17, 15) is 13.6 Å². The van der Waals surface area contributed by atoms with Crippen molar-refractivity contribution < 1.29 is 13.6 Å². The summed E-state index contributed by atoms with van der Waals surface area (Å²) in [5, 5.41) is 2.15. The van der Waals surface area contributed by atoms with Gasteiger partial charge in [0.05, 0.1) is 6.04 Å². The molecule has 3 N–H and O–H groups in total. The number of carbonyl (C=O) groups excluding carboxylic acids is 1. The molecular weight excluding hydrogens is 214 g/mol. The molecule has 0 unspecified atom stereocenters. The lowest BCUT2D eigenvalue weighted by atomic mass is 10.0. The fraction of sp³-hybridized carbons (Fsp3) is 0.364. The molecule has 0 saturated carbocycles. The highest BCUT2D eigenvalue weighted by Crippen LogP contribution is 2.18. The normalized spacial score (nSPS) is 12.6. The summed E-state index contributed by atoms with van der Waals surface area (Å²) >= 11 is 0. The summed E-state index contributed by atoms with van der Waals surface area (Å²) in [6.45, 7) is 3.50. The molecule has 0 spiro atoms. The zero-order valence-electron chi connectivity index (χ0n) is 9.13. The highest BCUT2D eigenvalue weighted by atomic mass is 19.1. The Morgan fingerprint density at radius 1 is 1.31 bits per heavy atom. The standard InChI is InChI=1S/C11H14F2N2O/c1-6(2)9(14)11(16)15-10-7(12)4-3-5-8(10)13/h3-6,9H,14H2,1-2H3,(H,15,16)/t9-/m0/s1. The van der Waals surface area contributed by atoms with Gasteiger partial charge in [-0.15, -0.1) is 0 Å². The van der Waals surface area contributed by atoms with Gasteiger partial charge in [0.1, 0.15) is 17.3 Å². The number of hydrogen-bond donors (Lipinski definition) is 2. The summed E-state index contributed by atoms with van der Waals surface area (Å²) < 4.78 is 26.4. The number of nitrogens with one attached hydrogen (secondary N) is 1. The van der Waals surface area contributed by atoms with Gasteiger partial charge in [0.25, 0.3) is 0 Å². The number of halogens is 2. The molecule has 0 aromatic heterocycles. The Hall–Kier alpha value is -1.49. The van der Waals surface area contributed by atoms with Crippen molar-refractivity contribution in [3.8, 4) is 0 Å². The molecule has 0 aliphatic carbocycles. The van der Waals surface area contributed by atoms with E-state index in [2.05, 4.69) is 5.32 Å². The highest BCUT2D eigenvalue weighted by molar-refractivity contribution is 5.95. The number of hydrogen-bond acceptors (Lipinski definition) is 2. The van der Waals surface area contributed by atoms with Crippen LogP contribution in [0.5, 0.6) is 0 Å². The number of nitrogens with two attached hydrogens (primary N) is 1. The van der Waals surface area contributed by atoms with Crippen molar-refractivity contribution >= 4 is 11.6 Å². The summed E-state index contributed by atoms with van der Waals surface area (Å²) in [5.74, 6) is -2.33. The predicted octanol–water partition coefficient (Wildman–Crippen LogP) is 1.89. The zero-order valence-corrected chi connectivity index (χ0v) is 9.13. The van der Waals surface area contributed by atoms with Crippen molar-refractivity contribution in [2.75, 3.05) is 5.32 Å². The molecule has 0 aliphatic heterocycles. The minimum absolute atomic E-state index is 0.102. The Bertz CT molecular complexity index is 373. The van der Waals surface area contributed by atoms with Crippen molar-refractivity contribution in [1.82, 2.24) is 0 Å². The highest BCUT2D eigenvalue weighted by Gasteiger charge is 2.19.